The molecule has 1 saturated heterocycles. The van der Waals surface area contributed by atoms with Gasteiger partial charge in [0.25, 0.3) is 6.43 Å². The lowest BCUT2D eigenvalue weighted by Crippen LogP contribution is -2.36. The third-order valence-corrected chi connectivity index (χ3v) is 7.18. The Hall–Kier alpha value is -2.27. The highest BCUT2D eigenvalue weighted by molar-refractivity contribution is 5.63. The van der Waals surface area contributed by atoms with Gasteiger partial charge in [0.05, 0.1) is 17.9 Å². The minimum absolute atomic E-state index is 0.105. The van der Waals surface area contributed by atoms with E-state index in [1.54, 1.807) is 6.07 Å². The van der Waals surface area contributed by atoms with Crippen molar-refractivity contribution < 1.29 is 26.7 Å². The van der Waals surface area contributed by atoms with Crippen LogP contribution in [0.5, 0.6) is 0 Å². The number of aromatic nitrogens is 3. The van der Waals surface area contributed by atoms with E-state index in [0.717, 1.165) is 51.6 Å². The molecule has 5 rings (SSSR count). The largest absolute Gasteiger partial charge is 0.419 e. The molecule has 0 spiro atoms. The zero-order valence-corrected chi connectivity index (χ0v) is 17.9. The Morgan fingerprint density at radius 3 is 2.58 bits per heavy atom. The number of nitrogen functional groups attached to an aromatic ring is 1. The number of ether oxygens (including phenoxy) is 1. The molecule has 4 atom stereocenters. The van der Waals surface area contributed by atoms with E-state index in [1.807, 2.05) is 0 Å². The molecule has 6 nitrogen and oxygen atoms in total. The summed E-state index contributed by atoms with van der Waals surface area (Å²) in [5.41, 5.74) is 5.32. The van der Waals surface area contributed by atoms with E-state index in [9.17, 15) is 22.0 Å². The van der Waals surface area contributed by atoms with E-state index < -0.39 is 30.5 Å². The van der Waals surface area contributed by atoms with Gasteiger partial charge in [-0.3, -0.25) is 9.58 Å². The normalized spacial score (nSPS) is 28.2. The van der Waals surface area contributed by atoms with Gasteiger partial charge in [0.1, 0.15) is 12.4 Å². The third kappa shape index (κ3) is 4.44. The van der Waals surface area contributed by atoms with Crippen LogP contribution in [0.25, 0.3) is 11.3 Å². The van der Waals surface area contributed by atoms with Crippen LogP contribution in [0.3, 0.4) is 0 Å². The molecule has 2 aromatic heterocycles. The van der Waals surface area contributed by atoms with E-state index in [4.69, 9.17) is 10.5 Å². The predicted molar refractivity (Wildman–Crippen MR) is 111 cm³/mol. The van der Waals surface area contributed by atoms with Crippen LogP contribution in [0.2, 0.25) is 0 Å². The van der Waals surface area contributed by atoms with E-state index in [2.05, 4.69) is 15.0 Å². The van der Waals surface area contributed by atoms with Gasteiger partial charge < -0.3 is 10.5 Å². The number of anilines is 1. The maximum Gasteiger partial charge on any atom is 0.419 e. The molecule has 0 aromatic carbocycles. The van der Waals surface area contributed by atoms with Crippen molar-refractivity contribution in [3.63, 3.8) is 0 Å². The summed E-state index contributed by atoms with van der Waals surface area (Å²) < 4.78 is 73.1. The average molecular weight is 471 g/mol. The first-order valence-corrected chi connectivity index (χ1v) is 11.2. The average Bonchev–Trinajstić information content (AvgIpc) is 3.13. The fourth-order valence-corrected chi connectivity index (χ4v) is 5.64. The highest BCUT2D eigenvalue weighted by Gasteiger charge is 2.58. The first-order chi connectivity index (χ1) is 15.7. The molecule has 3 heterocycles. The predicted octanol–water partition coefficient (Wildman–Crippen LogP) is 4.03. The van der Waals surface area contributed by atoms with Gasteiger partial charge in [-0.05, 0) is 43.2 Å². The summed E-state index contributed by atoms with van der Waals surface area (Å²) in [5.74, 6) is 0.249. The Labute approximate surface area is 187 Å². The number of hydrogen-bond acceptors (Lipinski definition) is 5. The van der Waals surface area contributed by atoms with Gasteiger partial charge in [-0.25, -0.2) is 13.8 Å². The van der Waals surface area contributed by atoms with Crippen LogP contribution in [-0.2, 0) is 17.5 Å². The minimum atomic E-state index is -4.66. The fraction of sp³-hybridized carbons (Fsp3) is 0.636. The topological polar surface area (TPSA) is 69.2 Å². The summed E-state index contributed by atoms with van der Waals surface area (Å²) in [6.45, 7) is 2.84. The van der Waals surface area contributed by atoms with Gasteiger partial charge in [0.15, 0.2) is 0 Å². The van der Waals surface area contributed by atoms with Crippen molar-refractivity contribution in [2.75, 3.05) is 32.0 Å². The summed E-state index contributed by atoms with van der Waals surface area (Å²) in [5, 5.41) is 4.24. The van der Waals surface area contributed by atoms with Crippen molar-refractivity contribution in [1.82, 2.24) is 19.7 Å². The second kappa shape index (κ2) is 8.50. The lowest BCUT2D eigenvalue weighted by atomic mass is 10.0. The van der Waals surface area contributed by atoms with Gasteiger partial charge >= 0.3 is 6.18 Å². The van der Waals surface area contributed by atoms with Crippen LogP contribution in [0, 0.1) is 11.8 Å². The number of nitrogens with zero attached hydrogens (tertiary/aromatic N) is 4. The van der Waals surface area contributed by atoms with Crippen LogP contribution in [-0.4, -0.2) is 58.4 Å². The van der Waals surface area contributed by atoms with Gasteiger partial charge in [-0.2, -0.15) is 18.3 Å². The maximum absolute atomic E-state index is 13.3. The van der Waals surface area contributed by atoms with Crippen molar-refractivity contribution in [1.29, 1.82) is 0 Å². The van der Waals surface area contributed by atoms with Crippen molar-refractivity contribution >= 4 is 5.82 Å². The SMILES string of the molecule is Nc1ncc(-c2cc([C@H]3[C@@H]4C[C@H](N5CCCOCC5)C[C@@H]43)n(CC(F)F)n2)cc1C(F)(F)F. The smallest absolute Gasteiger partial charge is 0.383 e. The molecule has 2 saturated carbocycles. The number of halogens is 5. The van der Waals surface area contributed by atoms with Crippen LogP contribution >= 0.6 is 0 Å². The molecule has 2 N–H and O–H groups in total. The number of pyridine rings is 1. The second-order valence-corrected chi connectivity index (χ2v) is 9.16. The molecule has 3 aliphatic rings. The van der Waals surface area contributed by atoms with Crippen molar-refractivity contribution in [2.45, 2.75) is 50.4 Å². The van der Waals surface area contributed by atoms with Gasteiger partial charge in [0, 0.05) is 49.1 Å². The van der Waals surface area contributed by atoms with Gasteiger partial charge in [0.2, 0.25) is 0 Å². The quantitative estimate of drug-likeness (QED) is 0.667. The standard InChI is InChI=1S/C22H26F5N5O/c23-19(24)11-32-18(9-17(30-32)12-6-16(22(25,26)27)21(28)29-10-12)20-14-7-13(8-15(14)20)31-2-1-4-33-5-3-31/h6,9-10,13-15,19-20H,1-5,7-8,11H2,(H2,28,29)/t13-,14+,15-,20-. The fourth-order valence-electron chi connectivity index (χ4n) is 5.64. The molecule has 1 aliphatic heterocycles. The summed E-state index contributed by atoms with van der Waals surface area (Å²) in [6, 6.07) is 3.00. The second-order valence-electron chi connectivity index (χ2n) is 9.16. The molecule has 0 amide bonds. The maximum atomic E-state index is 13.3. The molecule has 3 fully saturated rings. The van der Waals surface area contributed by atoms with E-state index in [-0.39, 0.29) is 17.2 Å². The number of rotatable bonds is 5. The van der Waals surface area contributed by atoms with Crippen molar-refractivity contribution in [3.8, 4) is 11.3 Å². The van der Waals surface area contributed by atoms with Gasteiger partial charge in [-0.1, -0.05) is 0 Å². The molecule has 0 bridgehead atoms. The Bertz CT molecular complexity index is 990. The molecule has 2 aliphatic carbocycles. The molecule has 11 heteroatoms. The molecule has 33 heavy (non-hydrogen) atoms. The van der Waals surface area contributed by atoms with Crippen LogP contribution in [0.4, 0.5) is 27.8 Å². The van der Waals surface area contributed by atoms with E-state index in [0.29, 0.717) is 23.6 Å². The van der Waals surface area contributed by atoms with Crippen LogP contribution < -0.4 is 5.73 Å². The highest BCUT2D eigenvalue weighted by atomic mass is 19.4. The third-order valence-electron chi connectivity index (χ3n) is 7.18. The lowest BCUT2D eigenvalue weighted by Gasteiger charge is -2.28. The summed E-state index contributed by atoms with van der Waals surface area (Å²) in [4.78, 5) is 6.12. The Balaban J connectivity index is 1.37. The number of hydrogen-bond donors (Lipinski definition) is 1. The number of fused-ring (bicyclic) bond motifs is 1. The summed E-state index contributed by atoms with van der Waals surface area (Å²) in [6.07, 6.45) is -3.08. The zero-order chi connectivity index (χ0) is 23.3. The molecule has 0 radical (unpaired) electrons. The number of nitrogens with two attached hydrogens (primary N) is 1. The minimum Gasteiger partial charge on any atom is -0.383 e. The lowest BCUT2D eigenvalue weighted by molar-refractivity contribution is -0.137. The van der Waals surface area contributed by atoms with E-state index in [1.165, 1.54) is 10.9 Å². The van der Waals surface area contributed by atoms with Gasteiger partial charge in [-0.15, -0.1) is 0 Å². The molecular formula is C22H26F5N5O. The summed E-state index contributed by atoms with van der Waals surface area (Å²) >= 11 is 0. The molecule has 0 unspecified atom stereocenters. The zero-order valence-electron chi connectivity index (χ0n) is 17.9. The van der Waals surface area contributed by atoms with Crippen LogP contribution in [0.1, 0.15) is 36.4 Å². The molecular weight excluding hydrogens is 445 g/mol. The first-order valence-electron chi connectivity index (χ1n) is 11.2. The summed E-state index contributed by atoms with van der Waals surface area (Å²) in [7, 11) is 0. The van der Waals surface area contributed by atoms with Crippen molar-refractivity contribution in [3.05, 3.63) is 29.6 Å². The Morgan fingerprint density at radius 1 is 1.12 bits per heavy atom. The highest BCUT2D eigenvalue weighted by Crippen LogP contribution is 2.64. The Kier molecular flexibility index (Phi) is 5.80. The van der Waals surface area contributed by atoms with Crippen LogP contribution in [0.15, 0.2) is 18.3 Å². The monoisotopic (exact) mass is 471 g/mol. The molecule has 180 valence electrons. The first kappa shape index (κ1) is 22.5. The van der Waals surface area contributed by atoms with Crippen molar-refractivity contribution in [2.24, 2.45) is 11.8 Å². The van der Waals surface area contributed by atoms with E-state index >= 15 is 0 Å². The number of alkyl halides is 5. The Morgan fingerprint density at radius 2 is 1.88 bits per heavy atom. The molecule has 2 aromatic rings.